The number of carbonyl (C=O) groups is 1. The van der Waals surface area contributed by atoms with Crippen molar-refractivity contribution in [3.8, 4) is 0 Å². The number of ketones is 1. The van der Waals surface area contributed by atoms with Gasteiger partial charge in [-0.2, -0.15) is 0 Å². The highest BCUT2D eigenvalue weighted by molar-refractivity contribution is 5.80. The molecule has 0 saturated carbocycles. The molecule has 3 atom stereocenters. The normalized spacial score (nSPS) is 30.4. The van der Waals surface area contributed by atoms with Crippen LogP contribution in [0.15, 0.2) is 0 Å². The Labute approximate surface area is 80.7 Å². The molecule has 0 radical (unpaired) electrons. The lowest BCUT2D eigenvalue weighted by molar-refractivity contribution is -0.123. The zero-order valence-corrected chi connectivity index (χ0v) is 8.88. The second-order valence-electron chi connectivity index (χ2n) is 4.10. The molecule has 13 heavy (non-hydrogen) atoms. The van der Waals surface area contributed by atoms with Gasteiger partial charge < -0.3 is 4.74 Å². The van der Waals surface area contributed by atoms with Crippen molar-refractivity contribution in [1.82, 2.24) is 0 Å². The molecule has 2 heteroatoms. The third kappa shape index (κ3) is 3.11. The molecular weight excluding hydrogens is 164 g/mol. The molecule has 1 heterocycles. The van der Waals surface area contributed by atoms with Gasteiger partial charge in [-0.3, -0.25) is 4.79 Å². The Balaban J connectivity index is 2.28. The number of hydrogen-bond acceptors (Lipinski definition) is 2. The van der Waals surface area contributed by atoms with Crippen molar-refractivity contribution < 1.29 is 9.53 Å². The lowest BCUT2D eigenvalue weighted by Crippen LogP contribution is -2.18. The van der Waals surface area contributed by atoms with Crippen LogP contribution in [0, 0.1) is 5.92 Å². The second-order valence-corrected chi connectivity index (χ2v) is 4.10. The van der Waals surface area contributed by atoms with E-state index in [-0.39, 0.29) is 5.92 Å². The second kappa shape index (κ2) is 4.75. The first-order valence-corrected chi connectivity index (χ1v) is 5.31. The molecule has 1 saturated heterocycles. The summed E-state index contributed by atoms with van der Waals surface area (Å²) in [5.74, 6) is 0.545. The molecule has 0 aromatic heterocycles. The Morgan fingerprint density at radius 2 is 2.23 bits per heavy atom. The average Bonchev–Trinajstić information content (AvgIpc) is 2.49. The highest BCUT2D eigenvalue weighted by Gasteiger charge is 2.25. The molecule has 1 fully saturated rings. The van der Waals surface area contributed by atoms with Gasteiger partial charge in [0.05, 0.1) is 12.2 Å². The molecular formula is C11H20O2. The maximum atomic E-state index is 11.3. The lowest BCUT2D eigenvalue weighted by atomic mass is 9.96. The first-order valence-electron chi connectivity index (χ1n) is 5.31. The van der Waals surface area contributed by atoms with Crippen molar-refractivity contribution in [1.29, 1.82) is 0 Å². The Hall–Kier alpha value is -0.370. The van der Waals surface area contributed by atoms with Crippen molar-refractivity contribution in [3.05, 3.63) is 0 Å². The monoisotopic (exact) mass is 184 g/mol. The zero-order valence-electron chi connectivity index (χ0n) is 8.88. The topological polar surface area (TPSA) is 26.3 Å². The molecule has 1 aliphatic heterocycles. The molecule has 0 amide bonds. The summed E-state index contributed by atoms with van der Waals surface area (Å²) in [4.78, 5) is 11.3. The van der Waals surface area contributed by atoms with E-state index in [2.05, 4.69) is 6.92 Å². The predicted octanol–water partition coefficient (Wildman–Crippen LogP) is 2.56. The van der Waals surface area contributed by atoms with Crippen LogP contribution in [0.25, 0.3) is 0 Å². The highest BCUT2D eigenvalue weighted by Crippen LogP contribution is 2.24. The van der Waals surface area contributed by atoms with E-state index < -0.39 is 0 Å². The quantitative estimate of drug-likeness (QED) is 0.671. The fourth-order valence-electron chi connectivity index (χ4n) is 1.93. The number of carbonyl (C=O) groups excluding carboxylic acids is 1. The SMILES string of the molecule is CCC(=O)C(C)CC1CCC(C)O1. The van der Waals surface area contributed by atoms with Crippen LogP contribution in [0.1, 0.15) is 46.5 Å². The molecule has 3 unspecified atom stereocenters. The van der Waals surface area contributed by atoms with E-state index >= 15 is 0 Å². The number of rotatable bonds is 4. The van der Waals surface area contributed by atoms with Gasteiger partial charge in [-0.15, -0.1) is 0 Å². The maximum Gasteiger partial charge on any atom is 0.135 e. The fourth-order valence-corrected chi connectivity index (χ4v) is 1.93. The van der Waals surface area contributed by atoms with Gasteiger partial charge in [0.2, 0.25) is 0 Å². The van der Waals surface area contributed by atoms with Crippen molar-refractivity contribution >= 4 is 5.78 Å². The van der Waals surface area contributed by atoms with Crippen molar-refractivity contribution in [3.63, 3.8) is 0 Å². The van der Waals surface area contributed by atoms with Crippen LogP contribution in [-0.2, 0) is 9.53 Å². The summed E-state index contributed by atoms with van der Waals surface area (Å²) in [6.45, 7) is 6.04. The molecule has 0 bridgehead atoms. The minimum Gasteiger partial charge on any atom is -0.375 e. The minimum absolute atomic E-state index is 0.181. The number of hydrogen-bond donors (Lipinski definition) is 0. The minimum atomic E-state index is 0.181. The van der Waals surface area contributed by atoms with Crippen LogP contribution in [0.4, 0.5) is 0 Å². The molecule has 0 aromatic rings. The zero-order chi connectivity index (χ0) is 9.84. The van der Waals surface area contributed by atoms with Crippen LogP contribution in [0.2, 0.25) is 0 Å². The summed E-state index contributed by atoms with van der Waals surface area (Å²) >= 11 is 0. The molecule has 1 aliphatic rings. The third-order valence-electron chi connectivity index (χ3n) is 2.83. The first kappa shape index (κ1) is 10.7. The van der Waals surface area contributed by atoms with Gasteiger partial charge in [-0.25, -0.2) is 0 Å². The Kier molecular flexibility index (Phi) is 3.91. The molecule has 0 aliphatic carbocycles. The standard InChI is InChI=1S/C11H20O2/c1-4-11(12)8(2)7-10-6-5-9(3)13-10/h8-10H,4-7H2,1-3H3. The van der Waals surface area contributed by atoms with Gasteiger partial charge in [0.1, 0.15) is 5.78 Å². The lowest BCUT2D eigenvalue weighted by Gasteiger charge is -2.15. The summed E-state index contributed by atoms with van der Waals surface area (Å²) in [6, 6.07) is 0. The molecule has 0 aromatic carbocycles. The Morgan fingerprint density at radius 1 is 1.54 bits per heavy atom. The van der Waals surface area contributed by atoms with Gasteiger partial charge in [0.15, 0.2) is 0 Å². The summed E-state index contributed by atoms with van der Waals surface area (Å²) < 4.78 is 5.67. The largest absolute Gasteiger partial charge is 0.375 e. The van der Waals surface area contributed by atoms with Crippen molar-refractivity contribution in [2.75, 3.05) is 0 Å². The van der Waals surface area contributed by atoms with E-state index in [1.165, 1.54) is 0 Å². The molecule has 0 spiro atoms. The van der Waals surface area contributed by atoms with Gasteiger partial charge in [0, 0.05) is 12.3 Å². The van der Waals surface area contributed by atoms with E-state index in [1.807, 2.05) is 13.8 Å². The molecule has 1 rings (SSSR count). The van der Waals surface area contributed by atoms with Gasteiger partial charge in [-0.05, 0) is 26.2 Å². The van der Waals surface area contributed by atoms with E-state index in [9.17, 15) is 4.79 Å². The fraction of sp³-hybridized carbons (Fsp3) is 0.909. The third-order valence-corrected chi connectivity index (χ3v) is 2.83. The first-order chi connectivity index (χ1) is 6.13. The molecule has 76 valence electrons. The number of ether oxygens (including phenoxy) is 1. The van der Waals surface area contributed by atoms with Crippen molar-refractivity contribution in [2.45, 2.75) is 58.7 Å². The van der Waals surface area contributed by atoms with Crippen LogP contribution >= 0.6 is 0 Å². The summed E-state index contributed by atoms with van der Waals surface area (Å²) in [7, 11) is 0. The van der Waals surface area contributed by atoms with Gasteiger partial charge in [0.25, 0.3) is 0 Å². The molecule has 0 N–H and O–H groups in total. The van der Waals surface area contributed by atoms with Crippen LogP contribution in [-0.4, -0.2) is 18.0 Å². The van der Waals surface area contributed by atoms with E-state index in [4.69, 9.17) is 4.74 Å². The smallest absolute Gasteiger partial charge is 0.135 e. The number of Topliss-reactive ketones (excluding diaryl/α,β-unsaturated/α-hetero) is 1. The average molecular weight is 184 g/mol. The van der Waals surface area contributed by atoms with E-state index in [1.54, 1.807) is 0 Å². The van der Waals surface area contributed by atoms with Crippen molar-refractivity contribution in [2.24, 2.45) is 5.92 Å². The summed E-state index contributed by atoms with van der Waals surface area (Å²) in [6.07, 6.45) is 4.58. The predicted molar refractivity (Wildman–Crippen MR) is 52.6 cm³/mol. The highest BCUT2D eigenvalue weighted by atomic mass is 16.5. The molecule has 2 nitrogen and oxygen atoms in total. The van der Waals surface area contributed by atoms with Crippen LogP contribution in [0.3, 0.4) is 0 Å². The van der Waals surface area contributed by atoms with E-state index in [0.717, 1.165) is 19.3 Å². The maximum absolute atomic E-state index is 11.3. The summed E-state index contributed by atoms with van der Waals surface area (Å²) in [5, 5.41) is 0. The Morgan fingerprint density at radius 3 is 2.69 bits per heavy atom. The van der Waals surface area contributed by atoms with Gasteiger partial charge >= 0.3 is 0 Å². The Bertz CT molecular complexity index is 177. The van der Waals surface area contributed by atoms with E-state index in [0.29, 0.717) is 24.4 Å². The van der Waals surface area contributed by atoms with Gasteiger partial charge in [-0.1, -0.05) is 13.8 Å². The summed E-state index contributed by atoms with van der Waals surface area (Å²) in [5.41, 5.74) is 0. The van der Waals surface area contributed by atoms with Crippen LogP contribution in [0.5, 0.6) is 0 Å². The van der Waals surface area contributed by atoms with Crippen LogP contribution < -0.4 is 0 Å².